The van der Waals surface area contributed by atoms with Gasteiger partial charge < -0.3 is 10.2 Å². The molecule has 0 radical (unpaired) electrons. The fourth-order valence-electron chi connectivity index (χ4n) is 3.59. The van der Waals surface area contributed by atoms with Crippen molar-refractivity contribution in [1.29, 1.82) is 0 Å². The highest BCUT2D eigenvalue weighted by molar-refractivity contribution is 6.32. The second-order valence-electron chi connectivity index (χ2n) is 7.58. The summed E-state index contributed by atoms with van der Waals surface area (Å²) in [7, 11) is 1.53. The van der Waals surface area contributed by atoms with Crippen molar-refractivity contribution in [3.05, 3.63) is 77.1 Å². The van der Waals surface area contributed by atoms with Crippen LogP contribution in [-0.2, 0) is 0 Å². The topological polar surface area (TPSA) is 71.0 Å². The first-order chi connectivity index (χ1) is 15.3. The number of rotatable bonds is 4. The van der Waals surface area contributed by atoms with Crippen LogP contribution in [-0.4, -0.2) is 41.8 Å². The summed E-state index contributed by atoms with van der Waals surface area (Å²) in [5.41, 5.74) is 2.22. The highest BCUT2D eigenvalue weighted by atomic mass is 19.1. The number of nitrogens with zero attached hydrogens (tertiary/aromatic N) is 4. The summed E-state index contributed by atoms with van der Waals surface area (Å²) < 4.78 is 42.2. The van der Waals surface area contributed by atoms with Crippen LogP contribution in [0, 0.1) is 17.5 Å². The van der Waals surface area contributed by atoms with Gasteiger partial charge in [0.2, 0.25) is 0 Å². The van der Waals surface area contributed by atoms with Crippen LogP contribution in [0.4, 0.5) is 24.8 Å². The van der Waals surface area contributed by atoms with Gasteiger partial charge in [-0.15, -0.1) is 0 Å². The van der Waals surface area contributed by atoms with Crippen molar-refractivity contribution in [2.24, 2.45) is 0 Å². The Morgan fingerprint density at radius 2 is 1.84 bits per heavy atom. The van der Waals surface area contributed by atoms with Gasteiger partial charge in [0, 0.05) is 19.3 Å². The molecule has 0 fully saturated rings. The highest BCUT2D eigenvalue weighted by Crippen LogP contribution is 2.29. The summed E-state index contributed by atoms with van der Waals surface area (Å²) in [4.78, 5) is 26.8. The summed E-state index contributed by atoms with van der Waals surface area (Å²) in [5.74, 6) is -2.92. The number of halogens is 3. The molecule has 32 heavy (non-hydrogen) atoms. The Morgan fingerprint density at radius 1 is 1.09 bits per heavy atom. The predicted molar refractivity (Wildman–Crippen MR) is 118 cm³/mol. The van der Waals surface area contributed by atoms with Gasteiger partial charge in [-0.25, -0.2) is 23.1 Å². The van der Waals surface area contributed by atoms with Crippen LogP contribution in [0.15, 0.2) is 48.4 Å². The van der Waals surface area contributed by atoms with Crippen molar-refractivity contribution >= 4 is 36.4 Å². The summed E-state index contributed by atoms with van der Waals surface area (Å²) in [5, 5.41) is 2.36. The molecule has 1 amide bonds. The van der Waals surface area contributed by atoms with E-state index in [0.717, 1.165) is 23.3 Å². The average Bonchev–Trinajstić information content (AvgIpc) is 2.74. The third kappa shape index (κ3) is 4.34. The van der Waals surface area contributed by atoms with Crippen LogP contribution in [0.3, 0.4) is 0 Å². The second kappa shape index (κ2) is 8.82. The van der Waals surface area contributed by atoms with E-state index < -0.39 is 28.9 Å². The number of carbonyl (C=O) groups excluding carboxylic acids is 1. The lowest BCUT2D eigenvalue weighted by molar-refractivity contribution is 0.101. The van der Waals surface area contributed by atoms with Gasteiger partial charge in [-0.3, -0.25) is 9.78 Å². The van der Waals surface area contributed by atoms with Crippen LogP contribution < -0.4 is 15.7 Å². The minimum absolute atomic E-state index is 0.0554. The van der Waals surface area contributed by atoms with Crippen molar-refractivity contribution in [3.63, 3.8) is 0 Å². The Kier molecular flexibility index (Phi) is 5.94. The zero-order valence-corrected chi connectivity index (χ0v) is 17.5. The lowest BCUT2D eigenvalue weighted by Gasteiger charge is -2.30. The molecule has 1 aliphatic rings. The van der Waals surface area contributed by atoms with Gasteiger partial charge in [0.05, 0.1) is 18.1 Å². The predicted octanol–water partition coefficient (Wildman–Crippen LogP) is 2.48. The molecule has 2 aromatic heterocycles. The molecule has 3 heterocycles. The van der Waals surface area contributed by atoms with E-state index in [1.54, 1.807) is 6.20 Å². The Balaban J connectivity index is 1.52. The molecule has 0 spiro atoms. The first kappa shape index (κ1) is 21.5. The molecule has 0 bridgehead atoms. The fraction of sp³-hybridized carbons (Fsp3) is 0.182. The number of amides is 1. The van der Waals surface area contributed by atoms with E-state index in [-0.39, 0.29) is 11.6 Å². The Labute approximate surface area is 183 Å². The summed E-state index contributed by atoms with van der Waals surface area (Å²) >= 11 is 0. The second-order valence-corrected chi connectivity index (χ2v) is 7.58. The number of benzene rings is 1. The van der Waals surface area contributed by atoms with Crippen LogP contribution in [0.25, 0.3) is 5.57 Å². The summed E-state index contributed by atoms with van der Waals surface area (Å²) in [6, 6.07) is 5.07. The van der Waals surface area contributed by atoms with E-state index in [0.29, 0.717) is 30.7 Å². The lowest BCUT2D eigenvalue weighted by atomic mass is 9.94. The van der Waals surface area contributed by atoms with Crippen molar-refractivity contribution < 1.29 is 18.0 Å². The third-order valence-corrected chi connectivity index (χ3v) is 5.28. The van der Waals surface area contributed by atoms with Gasteiger partial charge in [0.15, 0.2) is 17.5 Å². The zero-order valence-electron chi connectivity index (χ0n) is 17.5. The van der Waals surface area contributed by atoms with Gasteiger partial charge in [0.1, 0.15) is 25.0 Å². The minimum Gasteiger partial charge on any atom is -0.349 e. The normalized spacial score (nSPS) is 13.9. The van der Waals surface area contributed by atoms with Gasteiger partial charge in [0.25, 0.3) is 5.91 Å². The Morgan fingerprint density at radius 3 is 2.50 bits per heavy atom. The van der Waals surface area contributed by atoms with E-state index in [1.807, 2.05) is 11.8 Å². The Bertz CT molecular complexity index is 1190. The maximum Gasteiger partial charge on any atom is 0.262 e. The lowest BCUT2D eigenvalue weighted by Crippen LogP contribution is -2.32. The minimum atomic E-state index is -0.952. The van der Waals surface area contributed by atoms with E-state index in [4.69, 9.17) is 0 Å². The molecule has 0 unspecified atom stereocenters. The number of carbonyl (C=O) groups is 1. The monoisotopic (exact) mass is 437 g/mol. The quantitative estimate of drug-likeness (QED) is 0.636. The first-order valence-electron chi connectivity index (χ1n) is 9.97. The zero-order chi connectivity index (χ0) is 22.8. The van der Waals surface area contributed by atoms with Crippen LogP contribution in [0.1, 0.15) is 29.4 Å². The van der Waals surface area contributed by atoms with E-state index in [9.17, 15) is 18.0 Å². The van der Waals surface area contributed by atoms with E-state index in [2.05, 4.69) is 20.3 Å². The van der Waals surface area contributed by atoms with E-state index >= 15 is 0 Å². The number of anilines is 2. The van der Waals surface area contributed by atoms with Gasteiger partial charge in [-0.05, 0) is 43.2 Å². The molecule has 0 aliphatic carbocycles. The number of nitrogens with one attached hydrogen (secondary N) is 1. The highest BCUT2D eigenvalue weighted by Gasteiger charge is 2.23. The van der Waals surface area contributed by atoms with Gasteiger partial charge >= 0.3 is 0 Å². The van der Waals surface area contributed by atoms with E-state index in [1.165, 1.54) is 32.4 Å². The number of pyridine rings is 1. The molecule has 162 valence electrons. The van der Waals surface area contributed by atoms with Crippen molar-refractivity contribution in [2.75, 3.05) is 23.3 Å². The largest absolute Gasteiger partial charge is 0.349 e. The molecule has 4 rings (SSSR count). The van der Waals surface area contributed by atoms with Gasteiger partial charge in [-0.1, -0.05) is 11.0 Å². The maximum absolute atomic E-state index is 14.2. The molecule has 0 saturated carbocycles. The molecule has 1 N–H and O–H groups in total. The van der Waals surface area contributed by atoms with Crippen LogP contribution in [0.5, 0.6) is 0 Å². The third-order valence-electron chi connectivity index (χ3n) is 5.28. The molecule has 1 aromatic carbocycles. The molecule has 10 heteroatoms. The van der Waals surface area contributed by atoms with Crippen molar-refractivity contribution in [1.82, 2.24) is 15.0 Å². The maximum atomic E-state index is 14.2. The van der Waals surface area contributed by atoms with Crippen LogP contribution >= 0.6 is 0 Å². The fourth-order valence-corrected chi connectivity index (χ4v) is 3.59. The van der Waals surface area contributed by atoms with Crippen LogP contribution in [0.2, 0.25) is 0 Å². The van der Waals surface area contributed by atoms with Crippen molar-refractivity contribution in [2.45, 2.75) is 13.3 Å². The summed E-state index contributed by atoms with van der Waals surface area (Å²) in [6.45, 7) is 3.00. The molecule has 0 saturated heterocycles. The van der Waals surface area contributed by atoms with Crippen molar-refractivity contribution in [3.8, 4) is 0 Å². The SMILES string of the molecule is Bc1cc(F)c(C(=O)Nc2cnc(C3=C(C)CCN(c4ncccc4F)C3)cn2)c(F)c1. The molecule has 3 aromatic rings. The summed E-state index contributed by atoms with van der Waals surface area (Å²) in [6.07, 6.45) is 5.03. The molecule has 6 nitrogen and oxygen atoms in total. The average molecular weight is 437 g/mol. The standard InChI is InChI=1S/C22H19BF3N5O/c1-12-4-6-31(21-15(24)3-2-5-27-21)11-14(12)18-9-29-19(10-28-18)30-22(32)20-16(25)7-13(23)8-17(20)26/h2-3,5,7-10H,4,6,11,23H2,1H3,(H,29,30,32). The molecule has 0 atom stereocenters. The number of hydrogen-bond donors (Lipinski definition) is 1. The number of aromatic nitrogens is 3. The molecule has 1 aliphatic heterocycles. The molecular weight excluding hydrogens is 418 g/mol. The Hall–Kier alpha value is -3.69. The molecular formula is C22H19BF3N5O. The van der Waals surface area contributed by atoms with Gasteiger partial charge in [-0.2, -0.15) is 0 Å². The number of hydrogen-bond acceptors (Lipinski definition) is 5. The smallest absolute Gasteiger partial charge is 0.262 e. The first-order valence-corrected chi connectivity index (χ1v) is 9.97.